The number of carbonyl (C=O) groups is 4. The first-order chi connectivity index (χ1) is 17.7. The quantitative estimate of drug-likeness (QED) is 0.0919. The number of thiol groups is 4. The summed E-state index contributed by atoms with van der Waals surface area (Å²) < 4.78 is 10.4. The van der Waals surface area contributed by atoms with Crippen LogP contribution in [0.5, 0.6) is 0 Å². The van der Waals surface area contributed by atoms with Crippen molar-refractivity contribution in [2.24, 2.45) is 0 Å². The van der Waals surface area contributed by atoms with E-state index in [9.17, 15) is 19.2 Å². The lowest BCUT2D eigenvalue weighted by atomic mass is 10.3. The molecule has 2 aliphatic heterocycles. The molecule has 0 aromatic carbocycles. The predicted octanol–water partition coefficient (Wildman–Crippen LogP) is -0.551. The number of rotatable bonds is 12. The Morgan fingerprint density at radius 2 is 0.919 bits per heavy atom. The molecule has 0 atom stereocenters. The molecule has 0 unspecified atom stereocenters. The monoisotopic (exact) mass is 593 g/mol. The molecular weight excluding hydrogens is 559 g/mol. The number of hydrogen-bond acceptors (Lipinski definition) is 11. The predicted molar refractivity (Wildman–Crippen MR) is 153 cm³/mol. The molecule has 0 radical (unpaired) electrons. The molecule has 0 bridgehead atoms. The molecule has 2 fully saturated rings. The summed E-state index contributed by atoms with van der Waals surface area (Å²) >= 11 is 16.7. The highest BCUT2D eigenvalue weighted by Gasteiger charge is 2.24. The van der Waals surface area contributed by atoms with E-state index in [4.69, 9.17) is 9.47 Å². The van der Waals surface area contributed by atoms with Gasteiger partial charge < -0.3 is 35.2 Å². The van der Waals surface area contributed by atoms with Gasteiger partial charge in [-0.25, -0.2) is 0 Å². The second kappa shape index (κ2) is 17.3. The second-order valence-electron chi connectivity index (χ2n) is 8.17. The Kier molecular flexibility index (Phi) is 14.9. The van der Waals surface area contributed by atoms with Crippen LogP contribution in [0.25, 0.3) is 0 Å². The lowest BCUT2D eigenvalue weighted by Gasteiger charge is -2.27. The van der Waals surface area contributed by atoms with Gasteiger partial charge in [0.05, 0.1) is 46.0 Å². The van der Waals surface area contributed by atoms with Gasteiger partial charge >= 0.3 is 0 Å². The van der Waals surface area contributed by atoms with Crippen molar-refractivity contribution < 1.29 is 28.7 Å². The van der Waals surface area contributed by atoms with E-state index in [0.29, 0.717) is 91.6 Å². The summed E-state index contributed by atoms with van der Waals surface area (Å²) in [5.74, 6) is -1.58. The van der Waals surface area contributed by atoms with Crippen LogP contribution in [-0.2, 0) is 28.7 Å². The van der Waals surface area contributed by atoms with Gasteiger partial charge in [0.2, 0.25) is 0 Å². The van der Waals surface area contributed by atoms with E-state index in [1.807, 2.05) is 0 Å². The number of morpholine rings is 2. The van der Waals surface area contributed by atoms with E-state index in [-0.39, 0.29) is 31.4 Å². The number of ether oxygens (including phenoxy) is 2. The Labute approximate surface area is 239 Å². The molecule has 208 valence electrons. The summed E-state index contributed by atoms with van der Waals surface area (Å²) in [7, 11) is 0. The van der Waals surface area contributed by atoms with Gasteiger partial charge in [-0.1, -0.05) is 0 Å². The Balaban J connectivity index is 1.57. The minimum atomic E-state index is -0.455. The van der Waals surface area contributed by atoms with E-state index < -0.39 is 11.8 Å². The molecule has 0 aliphatic carbocycles. The maximum absolute atomic E-state index is 12.4. The van der Waals surface area contributed by atoms with Gasteiger partial charge in [0.1, 0.15) is 0 Å². The lowest BCUT2D eigenvalue weighted by molar-refractivity contribution is -0.131. The van der Waals surface area contributed by atoms with Crippen molar-refractivity contribution in [3.63, 3.8) is 0 Å². The Morgan fingerprint density at radius 1 is 0.568 bits per heavy atom. The van der Waals surface area contributed by atoms with Crippen LogP contribution in [0.2, 0.25) is 0 Å². The van der Waals surface area contributed by atoms with Gasteiger partial charge in [0.15, 0.2) is 0 Å². The highest BCUT2D eigenvalue weighted by Crippen LogP contribution is 2.18. The van der Waals surface area contributed by atoms with Crippen molar-refractivity contribution in [1.29, 1.82) is 0 Å². The summed E-state index contributed by atoms with van der Waals surface area (Å²) in [5, 5.41) is 8.66. The average Bonchev–Trinajstić information content (AvgIpc) is 2.94. The van der Waals surface area contributed by atoms with Crippen molar-refractivity contribution in [1.82, 2.24) is 25.8 Å². The lowest BCUT2D eigenvalue weighted by Crippen LogP contribution is -2.41. The van der Waals surface area contributed by atoms with E-state index in [2.05, 4.69) is 66.5 Å². The highest BCUT2D eigenvalue weighted by molar-refractivity contribution is 7.90. The molecule has 15 heteroatoms. The van der Waals surface area contributed by atoms with Gasteiger partial charge in [-0.05, 0) is 25.9 Å². The fourth-order valence-electron chi connectivity index (χ4n) is 3.37. The van der Waals surface area contributed by atoms with Crippen LogP contribution in [0.15, 0.2) is 19.6 Å². The van der Waals surface area contributed by atoms with Crippen molar-refractivity contribution >= 4 is 74.1 Å². The third kappa shape index (κ3) is 10.7. The largest absolute Gasteiger partial charge is 0.378 e. The standard InChI is InChI=1S/C22H35N5O6S4/c28-19(15(34)17(36)21(30)26-7-11-32-12-8-26)24-5-1-3-23-4-2-6-25-20(29)16(35)18(37)22(31)27-9-13-33-14-10-27/h23,34-37H,1-14H2,(H,24,28)(H,25,29). The topological polar surface area (TPSA) is 129 Å². The van der Waals surface area contributed by atoms with Gasteiger partial charge in [-0.2, -0.15) is 0 Å². The zero-order valence-electron chi connectivity index (χ0n) is 20.5. The Bertz CT molecular complexity index is 819. The number of carbonyl (C=O) groups excluding carboxylic acids is 4. The number of hydrogen-bond donors (Lipinski definition) is 7. The molecule has 2 aliphatic rings. The molecule has 0 spiro atoms. The van der Waals surface area contributed by atoms with Crippen LogP contribution in [0.3, 0.4) is 0 Å². The highest BCUT2D eigenvalue weighted by atomic mass is 32.1. The average molecular weight is 594 g/mol. The fourth-order valence-corrected chi connectivity index (χ4v) is 4.21. The molecule has 3 N–H and O–H groups in total. The van der Waals surface area contributed by atoms with E-state index in [0.717, 1.165) is 0 Å². The maximum Gasteiger partial charge on any atom is 0.261 e. The number of amides is 4. The number of nitrogens with one attached hydrogen (secondary N) is 3. The van der Waals surface area contributed by atoms with Gasteiger partial charge in [-0.15, -0.1) is 50.5 Å². The summed E-state index contributed by atoms with van der Waals surface area (Å²) in [6.45, 7) is 5.75. The van der Waals surface area contributed by atoms with Crippen molar-refractivity contribution in [3.8, 4) is 0 Å². The Hall–Kier alpha value is -1.36. The van der Waals surface area contributed by atoms with Gasteiger partial charge in [0, 0.05) is 39.3 Å². The first-order valence-electron chi connectivity index (χ1n) is 12.0. The molecule has 11 nitrogen and oxygen atoms in total. The second-order valence-corrected chi connectivity index (χ2v) is 9.96. The molecule has 0 aromatic heterocycles. The Morgan fingerprint density at radius 3 is 1.27 bits per heavy atom. The molecule has 2 rings (SSSR count). The van der Waals surface area contributed by atoms with Gasteiger partial charge in [-0.3, -0.25) is 19.2 Å². The minimum Gasteiger partial charge on any atom is -0.378 e. The van der Waals surface area contributed by atoms with Crippen molar-refractivity contribution in [3.05, 3.63) is 19.6 Å². The molecule has 0 aromatic rings. The molecule has 37 heavy (non-hydrogen) atoms. The first kappa shape index (κ1) is 31.9. The first-order valence-corrected chi connectivity index (χ1v) is 13.8. The van der Waals surface area contributed by atoms with E-state index in [1.165, 1.54) is 0 Å². The molecule has 2 saturated heterocycles. The molecule has 4 amide bonds. The third-order valence-corrected chi connectivity index (χ3v) is 7.55. The fraction of sp³-hybridized carbons (Fsp3) is 0.636. The molecule has 0 saturated carbocycles. The zero-order chi connectivity index (χ0) is 27.2. The number of nitrogens with zero attached hydrogens (tertiary/aromatic N) is 2. The zero-order valence-corrected chi connectivity index (χ0v) is 24.1. The summed E-state index contributed by atoms with van der Waals surface area (Å²) in [6.07, 6.45) is 1.32. The summed E-state index contributed by atoms with van der Waals surface area (Å²) in [5.41, 5.74) is 0. The van der Waals surface area contributed by atoms with Crippen LogP contribution in [0.1, 0.15) is 12.8 Å². The van der Waals surface area contributed by atoms with Crippen LogP contribution >= 0.6 is 50.5 Å². The normalized spacial score (nSPS) is 17.5. The summed E-state index contributed by atoms with van der Waals surface area (Å²) in [4.78, 5) is 52.4. The summed E-state index contributed by atoms with van der Waals surface area (Å²) in [6, 6.07) is 0. The molecule has 2 heterocycles. The smallest absolute Gasteiger partial charge is 0.261 e. The molecular formula is C22H35N5O6S4. The third-order valence-electron chi connectivity index (χ3n) is 5.51. The van der Waals surface area contributed by atoms with Crippen LogP contribution in [-0.4, -0.2) is 112 Å². The minimum absolute atomic E-state index is 0.0117. The van der Waals surface area contributed by atoms with Crippen LogP contribution in [0.4, 0.5) is 0 Å². The maximum atomic E-state index is 12.4. The van der Waals surface area contributed by atoms with Crippen LogP contribution < -0.4 is 16.0 Å². The van der Waals surface area contributed by atoms with Crippen molar-refractivity contribution in [2.75, 3.05) is 78.8 Å². The van der Waals surface area contributed by atoms with E-state index >= 15 is 0 Å². The SMILES string of the molecule is O=C(NCCCNCCCNC(=O)C(S)=C(S)C(=O)N1CCOCC1)C(S)=C(S)C(=O)N1CCOCC1. The van der Waals surface area contributed by atoms with Gasteiger partial charge in [0.25, 0.3) is 23.6 Å². The van der Waals surface area contributed by atoms with Crippen molar-refractivity contribution in [2.45, 2.75) is 12.8 Å². The van der Waals surface area contributed by atoms with Crippen LogP contribution in [0, 0.1) is 0 Å². The van der Waals surface area contributed by atoms with E-state index in [1.54, 1.807) is 9.80 Å².